The second kappa shape index (κ2) is 4.44. The van der Waals surface area contributed by atoms with E-state index >= 15 is 0 Å². The molecule has 0 aliphatic heterocycles. The standard InChI is InChI=1S/C10H13N3O3/c14-6-5-13(7-1-2-7)9-4-3-8(10(15)16)11-12-9/h3-4,7,14H,1-2,5-6H2,(H,15,16). The summed E-state index contributed by atoms with van der Waals surface area (Å²) < 4.78 is 0. The van der Waals surface area contributed by atoms with Crippen molar-refractivity contribution < 1.29 is 15.0 Å². The number of aromatic carboxylic acids is 1. The highest BCUT2D eigenvalue weighted by Gasteiger charge is 2.29. The number of nitrogens with zero attached hydrogens (tertiary/aromatic N) is 3. The lowest BCUT2D eigenvalue weighted by Gasteiger charge is -2.21. The van der Waals surface area contributed by atoms with Crippen LogP contribution in [0, 0.1) is 0 Å². The molecule has 0 aromatic carbocycles. The molecule has 6 heteroatoms. The van der Waals surface area contributed by atoms with E-state index in [4.69, 9.17) is 10.2 Å². The van der Waals surface area contributed by atoms with E-state index in [1.807, 2.05) is 4.90 Å². The Kier molecular flexibility index (Phi) is 3.00. The second-order valence-electron chi connectivity index (χ2n) is 3.73. The zero-order valence-corrected chi connectivity index (χ0v) is 8.70. The molecule has 0 saturated heterocycles. The summed E-state index contributed by atoms with van der Waals surface area (Å²) in [6.45, 7) is 0.560. The van der Waals surface area contributed by atoms with Crippen LogP contribution in [0.2, 0.25) is 0 Å². The normalized spacial score (nSPS) is 14.8. The summed E-state index contributed by atoms with van der Waals surface area (Å²) >= 11 is 0. The summed E-state index contributed by atoms with van der Waals surface area (Å²) in [6.07, 6.45) is 2.17. The summed E-state index contributed by atoms with van der Waals surface area (Å²) in [6, 6.07) is 3.47. The maximum Gasteiger partial charge on any atom is 0.356 e. The van der Waals surface area contributed by atoms with E-state index in [0.717, 1.165) is 12.8 Å². The second-order valence-corrected chi connectivity index (χ2v) is 3.73. The number of aliphatic hydroxyl groups is 1. The van der Waals surface area contributed by atoms with E-state index in [1.54, 1.807) is 6.07 Å². The molecule has 1 aromatic heterocycles. The molecule has 1 aliphatic carbocycles. The first-order chi connectivity index (χ1) is 7.72. The van der Waals surface area contributed by atoms with Gasteiger partial charge in [0, 0.05) is 12.6 Å². The minimum absolute atomic E-state index is 0.0544. The number of aliphatic hydroxyl groups excluding tert-OH is 1. The van der Waals surface area contributed by atoms with Gasteiger partial charge in [0.2, 0.25) is 0 Å². The summed E-state index contributed by atoms with van der Waals surface area (Å²) in [5.74, 6) is -0.458. The third kappa shape index (κ3) is 2.27. The van der Waals surface area contributed by atoms with Gasteiger partial charge in [-0.05, 0) is 25.0 Å². The maximum atomic E-state index is 10.6. The number of carboxylic acids is 1. The summed E-state index contributed by atoms with van der Waals surface area (Å²) in [4.78, 5) is 12.6. The van der Waals surface area contributed by atoms with Crippen LogP contribution >= 0.6 is 0 Å². The van der Waals surface area contributed by atoms with Crippen molar-refractivity contribution in [3.63, 3.8) is 0 Å². The Balaban J connectivity index is 2.14. The van der Waals surface area contributed by atoms with Crippen molar-refractivity contribution in [1.29, 1.82) is 0 Å². The van der Waals surface area contributed by atoms with Crippen LogP contribution in [0.4, 0.5) is 5.82 Å². The van der Waals surface area contributed by atoms with Crippen molar-refractivity contribution in [3.05, 3.63) is 17.8 Å². The largest absolute Gasteiger partial charge is 0.476 e. The third-order valence-electron chi connectivity index (χ3n) is 2.49. The van der Waals surface area contributed by atoms with Crippen LogP contribution in [0.5, 0.6) is 0 Å². The summed E-state index contributed by atoms with van der Waals surface area (Å²) in [7, 11) is 0. The minimum Gasteiger partial charge on any atom is -0.476 e. The molecule has 1 heterocycles. The fraction of sp³-hybridized carbons (Fsp3) is 0.500. The van der Waals surface area contributed by atoms with Gasteiger partial charge in [-0.15, -0.1) is 10.2 Å². The van der Waals surface area contributed by atoms with Gasteiger partial charge in [-0.2, -0.15) is 0 Å². The molecule has 1 aromatic rings. The highest BCUT2D eigenvalue weighted by Crippen LogP contribution is 2.29. The summed E-state index contributed by atoms with van der Waals surface area (Å²) in [5, 5.41) is 25.1. The number of carboxylic acid groups (broad SMARTS) is 1. The van der Waals surface area contributed by atoms with E-state index < -0.39 is 5.97 Å². The highest BCUT2D eigenvalue weighted by molar-refractivity contribution is 5.85. The Morgan fingerprint density at radius 2 is 2.19 bits per heavy atom. The van der Waals surface area contributed by atoms with Crippen LogP contribution in [-0.2, 0) is 0 Å². The smallest absolute Gasteiger partial charge is 0.356 e. The molecule has 1 saturated carbocycles. The lowest BCUT2D eigenvalue weighted by atomic mass is 10.3. The predicted octanol–water partition coefficient (Wildman–Crippen LogP) is 0.136. The highest BCUT2D eigenvalue weighted by atomic mass is 16.4. The van der Waals surface area contributed by atoms with Crippen LogP contribution in [-0.4, -0.2) is 45.6 Å². The first kappa shape index (κ1) is 10.8. The molecule has 1 aliphatic rings. The molecule has 0 radical (unpaired) electrons. The van der Waals surface area contributed by atoms with Crippen molar-refractivity contribution in [2.24, 2.45) is 0 Å². The molecule has 2 rings (SSSR count). The Hall–Kier alpha value is -1.69. The van der Waals surface area contributed by atoms with Gasteiger partial charge in [0.15, 0.2) is 11.5 Å². The Morgan fingerprint density at radius 1 is 1.44 bits per heavy atom. The molecule has 0 spiro atoms. The van der Waals surface area contributed by atoms with Crippen molar-refractivity contribution in [3.8, 4) is 0 Å². The Bertz CT molecular complexity index is 375. The molecule has 16 heavy (non-hydrogen) atoms. The van der Waals surface area contributed by atoms with Gasteiger partial charge in [0.25, 0.3) is 0 Å². The van der Waals surface area contributed by atoms with E-state index in [1.165, 1.54) is 6.07 Å². The average molecular weight is 223 g/mol. The van der Waals surface area contributed by atoms with Gasteiger partial charge in [-0.3, -0.25) is 0 Å². The molecule has 0 amide bonds. The zero-order valence-electron chi connectivity index (χ0n) is 8.70. The molecule has 0 unspecified atom stereocenters. The van der Waals surface area contributed by atoms with Crippen LogP contribution in [0.1, 0.15) is 23.3 Å². The molecule has 1 fully saturated rings. The topological polar surface area (TPSA) is 86.5 Å². The maximum absolute atomic E-state index is 10.6. The SMILES string of the molecule is O=C(O)c1ccc(N(CCO)C2CC2)nn1. The van der Waals surface area contributed by atoms with Crippen LogP contribution in [0.3, 0.4) is 0 Å². The molecule has 86 valence electrons. The van der Waals surface area contributed by atoms with Gasteiger partial charge in [0.05, 0.1) is 6.61 Å². The number of anilines is 1. The van der Waals surface area contributed by atoms with Gasteiger partial charge in [-0.25, -0.2) is 4.79 Å². The van der Waals surface area contributed by atoms with E-state index in [0.29, 0.717) is 18.4 Å². The Labute approximate surface area is 92.5 Å². The minimum atomic E-state index is -1.08. The number of aromatic nitrogens is 2. The molecule has 6 nitrogen and oxygen atoms in total. The molecular weight excluding hydrogens is 210 g/mol. The molecular formula is C10H13N3O3. The predicted molar refractivity (Wildman–Crippen MR) is 56.4 cm³/mol. The third-order valence-corrected chi connectivity index (χ3v) is 2.49. The molecule has 0 bridgehead atoms. The van der Waals surface area contributed by atoms with E-state index in [-0.39, 0.29) is 12.3 Å². The molecule has 2 N–H and O–H groups in total. The van der Waals surface area contributed by atoms with Crippen molar-refractivity contribution >= 4 is 11.8 Å². The quantitative estimate of drug-likeness (QED) is 0.738. The van der Waals surface area contributed by atoms with Crippen molar-refractivity contribution in [1.82, 2.24) is 10.2 Å². The monoisotopic (exact) mass is 223 g/mol. The van der Waals surface area contributed by atoms with Crippen LogP contribution < -0.4 is 4.90 Å². The number of rotatable bonds is 5. The van der Waals surface area contributed by atoms with Crippen molar-refractivity contribution in [2.75, 3.05) is 18.1 Å². The van der Waals surface area contributed by atoms with Gasteiger partial charge < -0.3 is 15.1 Å². The zero-order chi connectivity index (χ0) is 11.5. The Morgan fingerprint density at radius 3 is 2.62 bits per heavy atom. The molecule has 0 atom stereocenters. The lowest BCUT2D eigenvalue weighted by molar-refractivity contribution is 0.0689. The summed E-state index contributed by atoms with van der Waals surface area (Å²) in [5.41, 5.74) is -0.0662. The fourth-order valence-electron chi connectivity index (χ4n) is 1.57. The van der Waals surface area contributed by atoms with Crippen LogP contribution in [0.25, 0.3) is 0 Å². The number of carbonyl (C=O) groups is 1. The average Bonchev–Trinajstić information content (AvgIpc) is 3.10. The number of hydrogen-bond donors (Lipinski definition) is 2. The van der Waals surface area contributed by atoms with Crippen molar-refractivity contribution in [2.45, 2.75) is 18.9 Å². The van der Waals surface area contributed by atoms with E-state index in [2.05, 4.69) is 10.2 Å². The first-order valence-corrected chi connectivity index (χ1v) is 5.17. The van der Waals surface area contributed by atoms with Crippen LogP contribution in [0.15, 0.2) is 12.1 Å². The lowest BCUT2D eigenvalue weighted by Crippen LogP contribution is -2.30. The van der Waals surface area contributed by atoms with E-state index in [9.17, 15) is 4.79 Å². The van der Waals surface area contributed by atoms with Gasteiger partial charge in [0.1, 0.15) is 0 Å². The van der Waals surface area contributed by atoms with Gasteiger partial charge in [-0.1, -0.05) is 0 Å². The fourth-order valence-corrected chi connectivity index (χ4v) is 1.57. The number of hydrogen-bond acceptors (Lipinski definition) is 5. The van der Waals surface area contributed by atoms with Gasteiger partial charge >= 0.3 is 5.97 Å². The first-order valence-electron chi connectivity index (χ1n) is 5.17.